The fourth-order valence-electron chi connectivity index (χ4n) is 3.33. The number of aliphatic hydroxyl groups excluding tert-OH is 1. The van der Waals surface area contributed by atoms with Crippen LogP contribution in [0.1, 0.15) is 0 Å². The Morgan fingerprint density at radius 2 is 1.94 bits per heavy atom. The summed E-state index contributed by atoms with van der Waals surface area (Å²) in [6.07, 6.45) is -9.01. The summed E-state index contributed by atoms with van der Waals surface area (Å²) < 4.78 is 51.2. The number of hydrogen-bond donors (Lipinski definition) is 4. The van der Waals surface area contributed by atoms with E-state index < -0.39 is 42.2 Å². The Bertz CT molecular complexity index is 1220. The van der Waals surface area contributed by atoms with Gasteiger partial charge in [-0.15, -0.1) is 13.2 Å². The van der Waals surface area contributed by atoms with Gasteiger partial charge in [0, 0.05) is 29.5 Å². The Kier molecular flexibility index (Phi) is 7.77. The number of morpholine rings is 1. The predicted octanol–water partition coefficient (Wildman–Crippen LogP) is 2.23. The Morgan fingerprint density at radius 1 is 1.22 bits per heavy atom. The van der Waals surface area contributed by atoms with Crippen LogP contribution in [0.5, 0.6) is 11.8 Å². The van der Waals surface area contributed by atoms with E-state index in [1.807, 2.05) is 0 Å². The predicted molar refractivity (Wildman–Crippen MR) is 116 cm³/mol. The van der Waals surface area contributed by atoms with Crippen LogP contribution in [0.3, 0.4) is 0 Å². The number of ether oxygens (including phenoxy) is 2. The van der Waals surface area contributed by atoms with Crippen molar-refractivity contribution in [1.29, 1.82) is 0 Å². The van der Waals surface area contributed by atoms with Gasteiger partial charge in [-0.3, -0.25) is 14.1 Å². The SMILES string of the molecule is N.O=C(Nc1ccc(-c2noc(O)n2)cc1)C(O)C1OCCN(c2cccc(OC(F)(F)F)c2)C1=O. The molecule has 2 unspecified atom stereocenters. The van der Waals surface area contributed by atoms with Gasteiger partial charge in [0.15, 0.2) is 12.2 Å². The van der Waals surface area contributed by atoms with Gasteiger partial charge in [-0.2, -0.15) is 4.98 Å². The summed E-state index contributed by atoms with van der Waals surface area (Å²) in [7, 11) is 0. The van der Waals surface area contributed by atoms with Crippen LogP contribution >= 0.6 is 0 Å². The van der Waals surface area contributed by atoms with E-state index in [4.69, 9.17) is 9.84 Å². The minimum Gasteiger partial charge on any atom is -0.464 e. The average Bonchev–Trinajstić information content (AvgIpc) is 3.24. The molecule has 3 aromatic rings. The van der Waals surface area contributed by atoms with Gasteiger partial charge in [0.05, 0.1) is 6.61 Å². The molecule has 2 heterocycles. The van der Waals surface area contributed by atoms with Crippen LogP contribution in [0.2, 0.25) is 0 Å². The van der Waals surface area contributed by atoms with Gasteiger partial charge in [0.1, 0.15) is 5.75 Å². The Hall–Kier alpha value is -4.21. The molecule has 0 radical (unpaired) electrons. The van der Waals surface area contributed by atoms with Gasteiger partial charge in [-0.1, -0.05) is 11.2 Å². The number of amides is 2. The number of benzene rings is 2. The number of anilines is 2. The molecule has 0 spiro atoms. The van der Waals surface area contributed by atoms with Crippen molar-refractivity contribution in [3.8, 4) is 23.2 Å². The van der Waals surface area contributed by atoms with Crippen LogP contribution in [-0.4, -0.2) is 63.9 Å². The molecule has 0 bridgehead atoms. The largest absolute Gasteiger partial charge is 0.573 e. The summed E-state index contributed by atoms with van der Waals surface area (Å²) in [5.41, 5.74) is 0.828. The molecule has 1 aliphatic heterocycles. The highest BCUT2D eigenvalue weighted by atomic mass is 19.4. The van der Waals surface area contributed by atoms with Gasteiger partial charge < -0.3 is 36.1 Å². The quantitative estimate of drug-likeness (QED) is 0.383. The zero-order chi connectivity index (χ0) is 25.2. The third-order valence-corrected chi connectivity index (χ3v) is 4.87. The highest BCUT2D eigenvalue weighted by molar-refractivity contribution is 6.03. The van der Waals surface area contributed by atoms with E-state index in [1.54, 1.807) is 0 Å². The molecule has 36 heavy (non-hydrogen) atoms. The normalized spacial score (nSPS) is 16.7. The number of rotatable bonds is 6. The zero-order valence-corrected chi connectivity index (χ0v) is 18.3. The molecule has 6 N–H and O–H groups in total. The first-order chi connectivity index (χ1) is 16.6. The van der Waals surface area contributed by atoms with Gasteiger partial charge in [0.25, 0.3) is 11.8 Å². The van der Waals surface area contributed by atoms with Crippen molar-refractivity contribution >= 4 is 23.2 Å². The standard InChI is InChI=1S/C21H17F3N4O7.H3N/c22-21(23,24)34-14-3-1-2-13(10-14)28-8-9-33-16(19(28)31)15(29)18(30)25-12-6-4-11(5-7-12)17-26-20(32)35-27-17;/h1-7,10,15-16,29H,8-9H2,(H,25,30)(H,26,27,32);1H3. The molecular formula is C21H20F3N5O7. The molecule has 0 saturated carbocycles. The second-order valence-electron chi connectivity index (χ2n) is 7.24. The molecule has 1 saturated heterocycles. The second-order valence-corrected chi connectivity index (χ2v) is 7.24. The minimum atomic E-state index is -4.91. The lowest BCUT2D eigenvalue weighted by molar-refractivity contribution is -0.274. The van der Waals surface area contributed by atoms with E-state index in [1.165, 1.54) is 36.4 Å². The number of nitrogens with one attached hydrogen (secondary N) is 1. The molecule has 192 valence electrons. The first-order valence-corrected chi connectivity index (χ1v) is 10.0. The van der Waals surface area contributed by atoms with Crippen LogP contribution in [0.4, 0.5) is 24.5 Å². The Morgan fingerprint density at radius 3 is 2.58 bits per heavy atom. The Labute approximate surface area is 200 Å². The summed E-state index contributed by atoms with van der Waals surface area (Å²) in [6, 6.07) is 10.7. The molecule has 12 nitrogen and oxygen atoms in total. The van der Waals surface area contributed by atoms with Crippen LogP contribution < -0.4 is 21.1 Å². The average molecular weight is 511 g/mol. The zero-order valence-electron chi connectivity index (χ0n) is 18.3. The number of aromatic hydroxyl groups is 1. The van der Waals surface area contributed by atoms with E-state index in [0.717, 1.165) is 17.0 Å². The number of hydrogen-bond acceptors (Lipinski definition) is 10. The number of aliphatic hydroxyl groups is 1. The summed E-state index contributed by atoms with van der Waals surface area (Å²) in [4.78, 5) is 30.2. The maximum atomic E-state index is 12.9. The maximum Gasteiger partial charge on any atom is 0.573 e. The van der Waals surface area contributed by atoms with E-state index in [2.05, 4.69) is 24.7 Å². The second kappa shape index (κ2) is 10.6. The summed E-state index contributed by atoms with van der Waals surface area (Å²) in [5.74, 6) is -2.16. The monoisotopic (exact) mass is 511 g/mol. The van der Waals surface area contributed by atoms with Crippen molar-refractivity contribution in [1.82, 2.24) is 16.3 Å². The number of halogens is 3. The summed E-state index contributed by atoms with van der Waals surface area (Å²) >= 11 is 0. The number of carbonyl (C=O) groups is 2. The van der Waals surface area contributed by atoms with Crippen molar-refractivity contribution in [2.24, 2.45) is 0 Å². The number of alkyl halides is 3. The third-order valence-electron chi connectivity index (χ3n) is 4.87. The van der Waals surface area contributed by atoms with Gasteiger partial charge in [-0.05, 0) is 36.4 Å². The molecule has 4 rings (SSSR count). The highest BCUT2D eigenvalue weighted by Crippen LogP contribution is 2.28. The van der Waals surface area contributed by atoms with Crippen molar-refractivity contribution in [2.45, 2.75) is 18.6 Å². The van der Waals surface area contributed by atoms with Crippen LogP contribution in [0.15, 0.2) is 53.1 Å². The van der Waals surface area contributed by atoms with E-state index >= 15 is 0 Å². The van der Waals surface area contributed by atoms with Gasteiger partial charge >= 0.3 is 12.4 Å². The molecule has 0 aliphatic carbocycles. The lowest BCUT2D eigenvalue weighted by Crippen LogP contribution is -2.55. The number of carbonyl (C=O) groups excluding carboxylic acids is 2. The number of aromatic nitrogens is 2. The molecule has 15 heteroatoms. The van der Waals surface area contributed by atoms with Crippen molar-refractivity contribution in [2.75, 3.05) is 23.4 Å². The topological polar surface area (TPSA) is 182 Å². The van der Waals surface area contributed by atoms with E-state index in [-0.39, 0.29) is 36.5 Å². The first kappa shape index (κ1) is 26.4. The Balaban J connectivity index is 0.00000361. The minimum absolute atomic E-state index is 0. The summed E-state index contributed by atoms with van der Waals surface area (Å²) in [6.45, 7) is -0.0798. The van der Waals surface area contributed by atoms with Crippen LogP contribution in [0.25, 0.3) is 11.4 Å². The smallest absolute Gasteiger partial charge is 0.464 e. The fraction of sp³-hybridized carbons (Fsp3) is 0.238. The highest BCUT2D eigenvalue weighted by Gasteiger charge is 2.39. The molecular weight excluding hydrogens is 491 g/mol. The third kappa shape index (κ3) is 6.07. The van der Waals surface area contributed by atoms with E-state index in [9.17, 15) is 27.9 Å². The molecule has 1 fully saturated rings. The molecule has 2 atom stereocenters. The fourth-order valence-corrected chi connectivity index (χ4v) is 3.33. The van der Waals surface area contributed by atoms with Crippen LogP contribution in [0, 0.1) is 0 Å². The van der Waals surface area contributed by atoms with Gasteiger partial charge in [-0.25, -0.2) is 0 Å². The molecule has 1 aromatic heterocycles. The lowest BCUT2D eigenvalue weighted by atomic mass is 10.1. The van der Waals surface area contributed by atoms with E-state index in [0.29, 0.717) is 5.56 Å². The molecule has 2 aromatic carbocycles. The molecule has 2 amide bonds. The van der Waals surface area contributed by atoms with Crippen molar-refractivity contribution in [3.63, 3.8) is 0 Å². The van der Waals surface area contributed by atoms with Gasteiger partial charge in [0.2, 0.25) is 5.82 Å². The van der Waals surface area contributed by atoms with Crippen molar-refractivity contribution < 1.29 is 47.0 Å². The lowest BCUT2D eigenvalue weighted by Gasteiger charge is -2.34. The number of nitrogens with zero attached hydrogens (tertiary/aromatic N) is 3. The van der Waals surface area contributed by atoms with Crippen molar-refractivity contribution in [3.05, 3.63) is 48.5 Å². The maximum absolute atomic E-state index is 12.9. The summed E-state index contributed by atoms with van der Waals surface area (Å²) in [5, 5.41) is 25.6. The molecule has 1 aliphatic rings. The van der Waals surface area contributed by atoms with Crippen LogP contribution in [-0.2, 0) is 14.3 Å². The first-order valence-electron chi connectivity index (χ1n) is 10.0.